The van der Waals surface area contributed by atoms with Crippen LogP contribution in [0.25, 0.3) is 0 Å². The van der Waals surface area contributed by atoms with Crippen LogP contribution in [-0.2, 0) is 9.47 Å². The maximum absolute atomic E-state index is 5.77. The first-order valence-electron chi connectivity index (χ1n) is 6.26. The molecule has 4 atom stereocenters. The van der Waals surface area contributed by atoms with Crippen molar-refractivity contribution in [3.05, 3.63) is 0 Å². The fourth-order valence-corrected chi connectivity index (χ4v) is 2.48. The zero-order valence-corrected chi connectivity index (χ0v) is 9.87. The minimum atomic E-state index is 0.420. The van der Waals surface area contributed by atoms with Crippen LogP contribution < -0.4 is 5.32 Å². The predicted octanol–water partition coefficient (Wildman–Crippen LogP) is 1.71. The van der Waals surface area contributed by atoms with Crippen LogP contribution in [0.2, 0.25) is 0 Å². The van der Waals surface area contributed by atoms with Crippen LogP contribution in [0.1, 0.15) is 39.5 Å². The molecule has 2 saturated heterocycles. The maximum atomic E-state index is 5.77. The summed E-state index contributed by atoms with van der Waals surface area (Å²) in [4.78, 5) is 0. The molecular weight excluding hydrogens is 190 g/mol. The summed E-state index contributed by atoms with van der Waals surface area (Å²) < 4.78 is 11.4. The molecule has 3 nitrogen and oxygen atoms in total. The van der Waals surface area contributed by atoms with Gasteiger partial charge in [-0.25, -0.2) is 0 Å². The highest BCUT2D eigenvalue weighted by molar-refractivity contribution is 4.79. The molecule has 2 rings (SSSR count). The van der Waals surface area contributed by atoms with E-state index in [9.17, 15) is 0 Å². The van der Waals surface area contributed by atoms with E-state index in [1.807, 2.05) is 0 Å². The predicted molar refractivity (Wildman–Crippen MR) is 60.0 cm³/mol. The quantitative estimate of drug-likeness (QED) is 0.771. The molecule has 0 saturated carbocycles. The summed E-state index contributed by atoms with van der Waals surface area (Å²) in [6.45, 7) is 6.29. The Balaban J connectivity index is 1.64. The third-order valence-corrected chi connectivity index (χ3v) is 3.51. The largest absolute Gasteiger partial charge is 0.377 e. The number of rotatable bonds is 4. The lowest BCUT2D eigenvalue weighted by Gasteiger charge is -2.22. The number of nitrogens with one attached hydrogen (secondary N) is 1. The van der Waals surface area contributed by atoms with Gasteiger partial charge in [0, 0.05) is 19.2 Å². The van der Waals surface area contributed by atoms with Crippen LogP contribution in [0.5, 0.6) is 0 Å². The second-order valence-electron chi connectivity index (χ2n) is 4.89. The van der Waals surface area contributed by atoms with Crippen molar-refractivity contribution in [2.75, 3.05) is 13.2 Å². The van der Waals surface area contributed by atoms with Gasteiger partial charge in [0.25, 0.3) is 0 Å². The molecule has 4 unspecified atom stereocenters. The van der Waals surface area contributed by atoms with Crippen LogP contribution in [0.4, 0.5) is 0 Å². The smallest absolute Gasteiger partial charge is 0.0726 e. The van der Waals surface area contributed by atoms with Gasteiger partial charge in [0.2, 0.25) is 0 Å². The Morgan fingerprint density at radius 2 is 2.20 bits per heavy atom. The Kier molecular flexibility index (Phi) is 4.00. The molecule has 2 aliphatic rings. The van der Waals surface area contributed by atoms with Crippen LogP contribution in [0.15, 0.2) is 0 Å². The monoisotopic (exact) mass is 213 g/mol. The van der Waals surface area contributed by atoms with Gasteiger partial charge in [-0.1, -0.05) is 0 Å². The molecule has 3 heteroatoms. The van der Waals surface area contributed by atoms with Crippen molar-refractivity contribution in [3.8, 4) is 0 Å². The van der Waals surface area contributed by atoms with Crippen molar-refractivity contribution < 1.29 is 9.47 Å². The van der Waals surface area contributed by atoms with E-state index in [1.54, 1.807) is 0 Å². The van der Waals surface area contributed by atoms with Crippen LogP contribution in [0, 0.1) is 0 Å². The van der Waals surface area contributed by atoms with Crippen molar-refractivity contribution in [2.45, 2.75) is 63.9 Å². The van der Waals surface area contributed by atoms with E-state index in [0.29, 0.717) is 24.4 Å². The van der Waals surface area contributed by atoms with Gasteiger partial charge < -0.3 is 14.8 Å². The fourth-order valence-electron chi connectivity index (χ4n) is 2.48. The van der Waals surface area contributed by atoms with Crippen molar-refractivity contribution in [2.24, 2.45) is 0 Å². The third-order valence-electron chi connectivity index (χ3n) is 3.51. The molecule has 0 aromatic rings. The Bertz CT molecular complexity index is 192. The van der Waals surface area contributed by atoms with E-state index in [4.69, 9.17) is 9.47 Å². The highest BCUT2D eigenvalue weighted by Crippen LogP contribution is 2.19. The molecule has 2 fully saturated rings. The summed E-state index contributed by atoms with van der Waals surface area (Å²) in [5, 5.41) is 3.54. The molecule has 0 aliphatic carbocycles. The first-order chi connectivity index (χ1) is 7.25. The topological polar surface area (TPSA) is 30.5 Å². The first-order valence-corrected chi connectivity index (χ1v) is 6.26. The Morgan fingerprint density at radius 3 is 2.80 bits per heavy atom. The van der Waals surface area contributed by atoms with Gasteiger partial charge in [0.1, 0.15) is 0 Å². The van der Waals surface area contributed by atoms with Gasteiger partial charge in [-0.15, -0.1) is 0 Å². The lowest BCUT2D eigenvalue weighted by Crippen LogP contribution is -2.41. The molecule has 88 valence electrons. The van der Waals surface area contributed by atoms with Crippen molar-refractivity contribution >= 4 is 0 Å². The van der Waals surface area contributed by atoms with E-state index in [1.165, 1.54) is 25.7 Å². The summed E-state index contributed by atoms with van der Waals surface area (Å²) in [6, 6.07) is 0.465. The summed E-state index contributed by atoms with van der Waals surface area (Å²) in [6.07, 6.45) is 6.12. The minimum Gasteiger partial charge on any atom is -0.377 e. The molecule has 2 aliphatic heterocycles. The van der Waals surface area contributed by atoms with E-state index in [2.05, 4.69) is 19.2 Å². The molecule has 0 aromatic heterocycles. The summed E-state index contributed by atoms with van der Waals surface area (Å²) >= 11 is 0. The standard InChI is InChI=1S/C12H23NO2/c1-9-5-6-11(15-9)8-13-10(2)12-4-3-7-14-12/h9-13H,3-8H2,1-2H3. The van der Waals surface area contributed by atoms with E-state index < -0.39 is 0 Å². The van der Waals surface area contributed by atoms with Crippen LogP contribution in [0.3, 0.4) is 0 Å². The van der Waals surface area contributed by atoms with Gasteiger partial charge in [-0.3, -0.25) is 0 Å². The molecular formula is C12H23NO2. The van der Waals surface area contributed by atoms with Gasteiger partial charge in [-0.2, -0.15) is 0 Å². The van der Waals surface area contributed by atoms with Gasteiger partial charge in [0.05, 0.1) is 18.3 Å². The van der Waals surface area contributed by atoms with E-state index >= 15 is 0 Å². The minimum absolute atomic E-state index is 0.420. The maximum Gasteiger partial charge on any atom is 0.0726 e. The summed E-state index contributed by atoms with van der Waals surface area (Å²) in [5.74, 6) is 0. The highest BCUT2D eigenvalue weighted by atomic mass is 16.5. The van der Waals surface area contributed by atoms with E-state index in [-0.39, 0.29) is 0 Å². The zero-order valence-electron chi connectivity index (χ0n) is 9.87. The lowest BCUT2D eigenvalue weighted by molar-refractivity contribution is 0.0439. The normalized spacial score (nSPS) is 38.4. The third kappa shape index (κ3) is 3.16. The fraction of sp³-hybridized carbons (Fsp3) is 1.00. The number of hydrogen-bond donors (Lipinski definition) is 1. The van der Waals surface area contributed by atoms with Gasteiger partial charge >= 0.3 is 0 Å². The second-order valence-corrected chi connectivity index (χ2v) is 4.89. The van der Waals surface area contributed by atoms with Crippen LogP contribution in [-0.4, -0.2) is 37.5 Å². The molecule has 0 radical (unpaired) electrons. The molecule has 0 bridgehead atoms. The molecule has 0 aromatic carbocycles. The lowest BCUT2D eigenvalue weighted by atomic mass is 10.1. The molecule has 2 heterocycles. The summed E-state index contributed by atoms with van der Waals surface area (Å²) in [7, 11) is 0. The molecule has 0 amide bonds. The first kappa shape index (κ1) is 11.4. The van der Waals surface area contributed by atoms with Crippen molar-refractivity contribution in [3.63, 3.8) is 0 Å². The average molecular weight is 213 g/mol. The Morgan fingerprint density at radius 1 is 1.33 bits per heavy atom. The molecule has 15 heavy (non-hydrogen) atoms. The van der Waals surface area contributed by atoms with Gasteiger partial charge in [-0.05, 0) is 39.5 Å². The van der Waals surface area contributed by atoms with Crippen molar-refractivity contribution in [1.29, 1.82) is 0 Å². The number of hydrogen-bond acceptors (Lipinski definition) is 3. The zero-order chi connectivity index (χ0) is 10.7. The second kappa shape index (κ2) is 5.28. The van der Waals surface area contributed by atoms with Crippen molar-refractivity contribution in [1.82, 2.24) is 5.32 Å². The average Bonchev–Trinajstić information content (AvgIpc) is 2.84. The Hall–Kier alpha value is -0.120. The SMILES string of the molecule is CC1CCC(CNC(C)C2CCCO2)O1. The number of ether oxygens (including phenoxy) is 2. The molecule has 1 N–H and O–H groups in total. The van der Waals surface area contributed by atoms with Crippen LogP contribution >= 0.6 is 0 Å². The summed E-state index contributed by atoms with van der Waals surface area (Å²) in [5.41, 5.74) is 0. The highest BCUT2D eigenvalue weighted by Gasteiger charge is 2.25. The Labute approximate surface area is 92.5 Å². The van der Waals surface area contributed by atoms with E-state index in [0.717, 1.165) is 13.2 Å². The molecule has 0 spiro atoms. The van der Waals surface area contributed by atoms with Gasteiger partial charge in [0.15, 0.2) is 0 Å².